The Kier molecular flexibility index (Phi) is 2.35. The zero-order valence-corrected chi connectivity index (χ0v) is 9.16. The van der Waals surface area contributed by atoms with Gasteiger partial charge in [-0.15, -0.1) is 0 Å². The standard InChI is InChI=1S/C12H16N2O/c1-8-3-4-9(7-14-8)11(15)12(2,13)10-5-6-10/h3-4,7,10H,5-6,13H2,1-2H3. The van der Waals surface area contributed by atoms with E-state index < -0.39 is 5.54 Å². The minimum atomic E-state index is -0.711. The van der Waals surface area contributed by atoms with Crippen LogP contribution in [0.2, 0.25) is 0 Å². The molecule has 0 aromatic carbocycles. The van der Waals surface area contributed by atoms with Crippen LogP contribution in [0, 0.1) is 12.8 Å². The molecule has 1 heterocycles. The van der Waals surface area contributed by atoms with Gasteiger partial charge in [-0.1, -0.05) is 0 Å². The Labute approximate surface area is 89.7 Å². The Morgan fingerprint density at radius 1 is 1.53 bits per heavy atom. The van der Waals surface area contributed by atoms with E-state index in [1.807, 2.05) is 19.9 Å². The molecule has 1 aromatic rings. The summed E-state index contributed by atoms with van der Waals surface area (Å²) in [5, 5.41) is 0. The Bertz CT molecular complexity index is 377. The van der Waals surface area contributed by atoms with E-state index in [2.05, 4.69) is 4.98 Å². The van der Waals surface area contributed by atoms with Gasteiger partial charge in [-0.3, -0.25) is 9.78 Å². The third-order valence-corrected chi connectivity index (χ3v) is 3.09. The number of pyridine rings is 1. The molecule has 2 rings (SSSR count). The molecule has 1 aromatic heterocycles. The lowest BCUT2D eigenvalue weighted by atomic mass is 9.88. The van der Waals surface area contributed by atoms with Gasteiger partial charge in [0.1, 0.15) is 0 Å². The number of nitrogens with two attached hydrogens (primary N) is 1. The Hall–Kier alpha value is -1.22. The van der Waals surface area contributed by atoms with Crippen molar-refractivity contribution in [2.24, 2.45) is 11.7 Å². The van der Waals surface area contributed by atoms with Crippen molar-refractivity contribution in [3.8, 4) is 0 Å². The number of aryl methyl sites for hydroxylation is 1. The summed E-state index contributed by atoms with van der Waals surface area (Å²) in [5.74, 6) is 0.365. The summed E-state index contributed by atoms with van der Waals surface area (Å²) in [6.45, 7) is 3.73. The summed E-state index contributed by atoms with van der Waals surface area (Å²) in [4.78, 5) is 16.2. The molecule has 1 aliphatic rings. The molecule has 1 aliphatic carbocycles. The average Bonchev–Trinajstić information content (AvgIpc) is 3.01. The van der Waals surface area contributed by atoms with Crippen LogP contribution < -0.4 is 5.73 Å². The summed E-state index contributed by atoms with van der Waals surface area (Å²) in [6, 6.07) is 3.65. The van der Waals surface area contributed by atoms with Gasteiger partial charge in [0.15, 0.2) is 5.78 Å². The smallest absolute Gasteiger partial charge is 0.184 e. The third kappa shape index (κ3) is 1.92. The number of hydrogen-bond acceptors (Lipinski definition) is 3. The van der Waals surface area contributed by atoms with Crippen molar-refractivity contribution < 1.29 is 4.79 Å². The summed E-state index contributed by atoms with van der Waals surface area (Å²) in [6.07, 6.45) is 3.75. The zero-order chi connectivity index (χ0) is 11.1. The fourth-order valence-corrected chi connectivity index (χ4v) is 1.78. The first-order valence-corrected chi connectivity index (χ1v) is 5.28. The first-order valence-electron chi connectivity index (χ1n) is 5.28. The average molecular weight is 204 g/mol. The number of rotatable bonds is 3. The zero-order valence-electron chi connectivity index (χ0n) is 9.16. The second-order valence-corrected chi connectivity index (χ2v) is 4.57. The molecular weight excluding hydrogens is 188 g/mol. The van der Waals surface area contributed by atoms with Crippen molar-refractivity contribution in [1.82, 2.24) is 4.98 Å². The normalized spacial score (nSPS) is 19.7. The number of Topliss-reactive ketones (excluding diaryl/α,β-unsaturated/α-hetero) is 1. The molecule has 0 amide bonds. The predicted molar refractivity (Wildman–Crippen MR) is 58.6 cm³/mol. The highest BCUT2D eigenvalue weighted by molar-refractivity contribution is 6.03. The van der Waals surface area contributed by atoms with E-state index in [9.17, 15) is 4.79 Å². The Morgan fingerprint density at radius 2 is 2.20 bits per heavy atom. The highest BCUT2D eigenvalue weighted by Crippen LogP contribution is 2.39. The van der Waals surface area contributed by atoms with E-state index in [0.717, 1.165) is 18.5 Å². The molecule has 0 bridgehead atoms. The first kappa shape index (κ1) is 10.3. The number of hydrogen-bond donors (Lipinski definition) is 1. The van der Waals surface area contributed by atoms with Gasteiger partial charge in [0, 0.05) is 17.5 Å². The summed E-state index contributed by atoms with van der Waals surface area (Å²) in [5.41, 5.74) is 6.88. The van der Waals surface area contributed by atoms with Crippen molar-refractivity contribution in [2.75, 3.05) is 0 Å². The van der Waals surface area contributed by atoms with Crippen LogP contribution in [-0.2, 0) is 0 Å². The van der Waals surface area contributed by atoms with Gasteiger partial charge in [-0.2, -0.15) is 0 Å². The molecule has 80 valence electrons. The van der Waals surface area contributed by atoms with Crippen molar-refractivity contribution in [1.29, 1.82) is 0 Å². The van der Waals surface area contributed by atoms with Gasteiger partial charge < -0.3 is 5.73 Å². The molecule has 1 unspecified atom stereocenters. The number of aromatic nitrogens is 1. The Morgan fingerprint density at radius 3 is 2.67 bits per heavy atom. The maximum Gasteiger partial charge on any atom is 0.184 e. The highest BCUT2D eigenvalue weighted by atomic mass is 16.1. The summed E-state index contributed by atoms with van der Waals surface area (Å²) < 4.78 is 0. The van der Waals surface area contributed by atoms with Gasteiger partial charge in [0.25, 0.3) is 0 Å². The molecule has 0 saturated heterocycles. The maximum absolute atomic E-state index is 12.1. The molecule has 0 spiro atoms. The molecule has 2 N–H and O–H groups in total. The third-order valence-electron chi connectivity index (χ3n) is 3.09. The van der Waals surface area contributed by atoms with E-state index in [4.69, 9.17) is 5.73 Å². The van der Waals surface area contributed by atoms with Crippen LogP contribution in [0.3, 0.4) is 0 Å². The lowest BCUT2D eigenvalue weighted by Crippen LogP contribution is -2.47. The second kappa shape index (κ2) is 3.42. The van der Waals surface area contributed by atoms with Gasteiger partial charge in [-0.05, 0) is 44.7 Å². The lowest BCUT2D eigenvalue weighted by molar-refractivity contribution is 0.0883. The molecule has 1 fully saturated rings. The number of carbonyl (C=O) groups excluding carboxylic acids is 1. The van der Waals surface area contributed by atoms with E-state index >= 15 is 0 Å². The minimum Gasteiger partial charge on any atom is -0.319 e. The van der Waals surface area contributed by atoms with Crippen molar-refractivity contribution in [3.05, 3.63) is 29.6 Å². The van der Waals surface area contributed by atoms with Gasteiger partial charge in [-0.25, -0.2) is 0 Å². The topological polar surface area (TPSA) is 56.0 Å². The SMILES string of the molecule is Cc1ccc(C(=O)C(C)(N)C2CC2)cn1. The molecule has 1 saturated carbocycles. The quantitative estimate of drug-likeness (QED) is 0.762. The van der Waals surface area contributed by atoms with E-state index in [1.165, 1.54) is 0 Å². The van der Waals surface area contributed by atoms with Crippen molar-refractivity contribution in [3.63, 3.8) is 0 Å². The molecular formula is C12H16N2O. The monoisotopic (exact) mass is 204 g/mol. The molecule has 3 nitrogen and oxygen atoms in total. The summed E-state index contributed by atoms with van der Waals surface area (Å²) >= 11 is 0. The molecule has 3 heteroatoms. The fourth-order valence-electron chi connectivity index (χ4n) is 1.78. The van der Waals surface area contributed by atoms with Crippen molar-refractivity contribution >= 4 is 5.78 Å². The van der Waals surface area contributed by atoms with Crippen LogP contribution in [0.25, 0.3) is 0 Å². The van der Waals surface area contributed by atoms with Gasteiger partial charge in [0.2, 0.25) is 0 Å². The molecule has 1 atom stereocenters. The van der Waals surface area contributed by atoms with Crippen LogP contribution in [0.1, 0.15) is 35.8 Å². The highest BCUT2D eigenvalue weighted by Gasteiger charge is 2.44. The molecule has 0 radical (unpaired) electrons. The number of nitrogens with zero attached hydrogens (tertiary/aromatic N) is 1. The van der Waals surface area contributed by atoms with E-state index in [0.29, 0.717) is 11.5 Å². The largest absolute Gasteiger partial charge is 0.319 e. The minimum absolute atomic E-state index is 0.0116. The fraction of sp³-hybridized carbons (Fsp3) is 0.500. The first-order chi connectivity index (χ1) is 7.01. The summed E-state index contributed by atoms with van der Waals surface area (Å²) in [7, 11) is 0. The van der Waals surface area contributed by atoms with Crippen LogP contribution in [0.15, 0.2) is 18.3 Å². The lowest BCUT2D eigenvalue weighted by Gasteiger charge is -2.22. The van der Waals surface area contributed by atoms with Crippen LogP contribution in [-0.4, -0.2) is 16.3 Å². The molecule has 0 aliphatic heterocycles. The Balaban J connectivity index is 2.23. The van der Waals surface area contributed by atoms with E-state index in [-0.39, 0.29) is 5.78 Å². The second-order valence-electron chi connectivity index (χ2n) is 4.57. The molecule has 15 heavy (non-hydrogen) atoms. The van der Waals surface area contributed by atoms with Crippen LogP contribution in [0.5, 0.6) is 0 Å². The van der Waals surface area contributed by atoms with Gasteiger partial charge >= 0.3 is 0 Å². The maximum atomic E-state index is 12.1. The van der Waals surface area contributed by atoms with Crippen molar-refractivity contribution in [2.45, 2.75) is 32.2 Å². The van der Waals surface area contributed by atoms with E-state index in [1.54, 1.807) is 12.3 Å². The predicted octanol–water partition coefficient (Wildman–Crippen LogP) is 1.70. The number of carbonyl (C=O) groups is 1. The van der Waals surface area contributed by atoms with Crippen LogP contribution in [0.4, 0.5) is 0 Å². The van der Waals surface area contributed by atoms with Crippen LogP contribution >= 0.6 is 0 Å². The number of ketones is 1. The van der Waals surface area contributed by atoms with Gasteiger partial charge in [0.05, 0.1) is 5.54 Å².